The van der Waals surface area contributed by atoms with Gasteiger partial charge in [-0.15, -0.1) is 0 Å². The second-order valence-electron chi connectivity index (χ2n) is 6.84. The molecule has 0 fully saturated rings. The zero-order valence-electron chi connectivity index (χ0n) is 19.0. The maximum absolute atomic E-state index is 5.59. The largest absolute Gasteiger partial charge is 0.500 e. The topological polar surface area (TPSA) is 84.6 Å². The van der Waals surface area contributed by atoms with Gasteiger partial charge in [-0.3, -0.25) is 0 Å². The maximum Gasteiger partial charge on any atom is 0.500 e. The van der Waals surface area contributed by atoms with Crippen LogP contribution in [0.25, 0.3) is 0 Å². The Kier molecular flexibility index (Phi) is 16.9. The summed E-state index contributed by atoms with van der Waals surface area (Å²) < 4.78 is 33.2. The molecule has 2 N–H and O–H groups in total. The fraction of sp³-hybridized carbons (Fsp3) is 1.00. The molecule has 0 aliphatic rings. The van der Waals surface area contributed by atoms with E-state index in [1.807, 2.05) is 0 Å². The molecule has 8 nitrogen and oxygen atoms in total. The molecular weight excluding hydrogens is 396 g/mol. The number of unbranched alkanes of at least 4 members (excludes halogenated alkanes) is 3. The average molecular weight is 441 g/mol. The lowest BCUT2D eigenvalue weighted by molar-refractivity contribution is 0.119. The zero-order chi connectivity index (χ0) is 21.3. The highest BCUT2D eigenvalue weighted by molar-refractivity contribution is 6.60. The SMILES string of the molecule is CO[Si](CCCN(CCCCCCN)CCC[Si](OC)(OC)OC)(OC)OC. The number of hydrogen-bond donors (Lipinski definition) is 1. The Morgan fingerprint density at radius 2 is 0.893 bits per heavy atom. The first-order chi connectivity index (χ1) is 13.5. The molecule has 0 rings (SSSR count). The fourth-order valence-electron chi connectivity index (χ4n) is 3.32. The van der Waals surface area contributed by atoms with E-state index in [0.29, 0.717) is 0 Å². The van der Waals surface area contributed by atoms with Crippen molar-refractivity contribution in [1.82, 2.24) is 4.90 Å². The van der Waals surface area contributed by atoms with E-state index < -0.39 is 17.6 Å². The molecule has 0 spiro atoms. The zero-order valence-corrected chi connectivity index (χ0v) is 21.0. The Hall–Kier alpha value is 0.114. The van der Waals surface area contributed by atoms with Crippen molar-refractivity contribution < 1.29 is 26.6 Å². The van der Waals surface area contributed by atoms with Gasteiger partial charge in [0.2, 0.25) is 0 Å². The fourth-order valence-corrected chi connectivity index (χ4v) is 6.73. The van der Waals surface area contributed by atoms with Crippen molar-refractivity contribution in [3.8, 4) is 0 Å². The minimum absolute atomic E-state index is 0.777. The minimum Gasteiger partial charge on any atom is -0.377 e. The van der Waals surface area contributed by atoms with Crippen LogP contribution in [0.1, 0.15) is 38.5 Å². The first kappa shape index (κ1) is 28.1. The highest BCUT2D eigenvalue weighted by Gasteiger charge is 2.38. The third kappa shape index (κ3) is 10.8. The third-order valence-corrected chi connectivity index (χ3v) is 10.9. The van der Waals surface area contributed by atoms with Crippen LogP contribution in [0, 0.1) is 0 Å². The highest BCUT2D eigenvalue weighted by Crippen LogP contribution is 2.18. The van der Waals surface area contributed by atoms with Crippen molar-refractivity contribution >= 4 is 17.6 Å². The van der Waals surface area contributed by atoms with E-state index in [1.54, 1.807) is 42.7 Å². The van der Waals surface area contributed by atoms with Gasteiger partial charge >= 0.3 is 17.6 Å². The van der Waals surface area contributed by atoms with Crippen molar-refractivity contribution in [3.63, 3.8) is 0 Å². The Bertz CT molecular complexity index is 318. The minimum atomic E-state index is -2.51. The van der Waals surface area contributed by atoms with E-state index in [9.17, 15) is 0 Å². The van der Waals surface area contributed by atoms with Gasteiger partial charge in [-0.05, 0) is 51.9 Å². The Balaban J connectivity index is 4.55. The summed E-state index contributed by atoms with van der Waals surface area (Å²) in [7, 11) is 4.98. The average Bonchev–Trinajstić information content (AvgIpc) is 2.74. The van der Waals surface area contributed by atoms with Crippen LogP contribution in [-0.4, -0.2) is 91.3 Å². The molecule has 0 radical (unpaired) electrons. The van der Waals surface area contributed by atoms with E-state index in [2.05, 4.69) is 4.90 Å². The molecular formula is C18H44N2O6Si2. The van der Waals surface area contributed by atoms with Gasteiger partial charge in [-0.2, -0.15) is 0 Å². The predicted molar refractivity (Wildman–Crippen MR) is 116 cm³/mol. The van der Waals surface area contributed by atoms with Gasteiger partial charge in [0.15, 0.2) is 0 Å². The molecule has 0 aromatic heterocycles. The van der Waals surface area contributed by atoms with Gasteiger partial charge in [-0.1, -0.05) is 12.8 Å². The van der Waals surface area contributed by atoms with E-state index in [1.165, 1.54) is 19.3 Å². The molecule has 0 unspecified atom stereocenters. The summed E-state index contributed by atoms with van der Waals surface area (Å²) in [5.74, 6) is 0. The van der Waals surface area contributed by atoms with Gasteiger partial charge in [0.05, 0.1) is 0 Å². The normalized spacial score (nSPS) is 12.9. The monoisotopic (exact) mass is 440 g/mol. The molecule has 0 aromatic carbocycles. The molecule has 0 atom stereocenters. The van der Waals surface area contributed by atoms with Gasteiger partial charge in [0.25, 0.3) is 0 Å². The summed E-state index contributed by atoms with van der Waals surface area (Å²) in [5, 5.41) is 0. The van der Waals surface area contributed by atoms with Crippen molar-refractivity contribution in [2.75, 3.05) is 68.8 Å². The lowest BCUT2D eigenvalue weighted by atomic mass is 10.2. The predicted octanol–water partition coefficient (Wildman–Crippen LogP) is 2.34. The standard InChI is InChI=1S/C18H44N2O6Si2/c1-21-27(22-2,23-3)17-11-15-20(14-10-8-7-9-13-19)16-12-18-28(24-4,25-5)26-6/h7-19H2,1-6H3. The Labute approximate surface area is 174 Å². The molecule has 0 amide bonds. The van der Waals surface area contributed by atoms with Crippen LogP contribution >= 0.6 is 0 Å². The van der Waals surface area contributed by atoms with E-state index in [-0.39, 0.29) is 0 Å². The Morgan fingerprint density at radius 1 is 0.536 bits per heavy atom. The molecule has 0 saturated carbocycles. The van der Waals surface area contributed by atoms with Crippen LogP contribution in [0.4, 0.5) is 0 Å². The number of hydrogen-bond acceptors (Lipinski definition) is 8. The van der Waals surface area contributed by atoms with Gasteiger partial charge in [0.1, 0.15) is 0 Å². The molecule has 10 heteroatoms. The van der Waals surface area contributed by atoms with Crippen LogP contribution in [-0.2, 0) is 26.6 Å². The molecule has 0 aliphatic carbocycles. The molecule has 0 aromatic rings. The highest BCUT2D eigenvalue weighted by atomic mass is 28.4. The summed E-state index contributed by atoms with van der Waals surface area (Å²) >= 11 is 0. The Morgan fingerprint density at radius 3 is 1.25 bits per heavy atom. The number of nitrogens with zero attached hydrogens (tertiary/aromatic N) is 1. The molecule has 28 heavy (non-hydrogen) atoms. The molecule has 170 valence electrons. The van der Waals surface area contributed by atoms with E-state index >= 15 is 0 Å². The summed E-state index contributed by atoms with van der Waals surface area (Å²) in [4.78, 5) is 2.50. The van der Waals surface area contributed by atoms with Crippen molar-refractivity contribution in [1.29, 1.82) is 0 Å². The number of nitrogens with two attached hydrogens (primary N) is 1. The smallest absolute Gasteiger partial charge is 0.377 e. The van der Waals surface area contributed by atoms with Crippen LogP contribution in [0.3, 0.4) is 0 Å². The van der Waals surface area contributed by atoms with Crippen LogP contribution in [0.15, 0.2) is 0 Å². The van der Waals surface area contributed by atoms with Crippen molar-refractivity contribution in [3.05, 3.63) is 0 Å². The molecule has 0 aliphatic heterocycles. The lowest BCUT2D eigenvalue weighted by Crippen LogP contribution is -2.44. The summed E-state index contributed by atoms with van der Waals surface area (Å²) in [5.41, 5.74) is 5.59. The second kappa shape index (κ2) is 16.9. The van der Waals surface area contributed by atoms with Gasteiger partial charge in [-0.25, -0.2) is 0 Å². The quantitative estimate of drug-likeness (QED) is 0.228. The summed E-state index contributed by atoms with van der Waals surface area (Å²) in [6, 6.07) is 1.63. The molecule has 0 bridgehead atoms. The second-order valence-corrected chi connectivity index (χ2v) is 13.0. The van der Waals surface area contributed by atoms with Crippen molar-refractivity contribution in [2.24, 2.45) is 5.73 Å². The molecule has 0 saturated heterocycles. The summed E-state index contributed by atoms with van der Waals surface area (Å²) in [6.07, 6.45) is 6.66. The first-order valence-corrected chi connectivity index (χ1v) is 14.1. The van der Waals surface area contributed by atoms with Crippen LogP contribution in [0.2, 0.25) is 12.1 Å². The van der Waals surface area contributed by atoms with Gasteiger partial charge in [0, 0.05) is 54.7 Å². The van der Waals surface area contributed by atoms with Gasteiger partial charge < -0.3 is 37.2 Å². The third-order valence-electron chi connectivity index (χ3n) is 5.21. The number of rotatable bonds is 20. The van der Waals surface area contributed by atoms with Crippen molar-refractivity contribution in [2.45, 2.75) is 50.6 Å². The van der Waals surface area contributed by atoms with Crippen LogP contribution < -0.4 is 5.73 Å². The van der Waals surface area contributed by atoms with E-state index in [4.69, 9.17) is 32.3 Å². The summed E-state index contributed by atoms with van der Waals surface area (Å²) in [6.45, 7) is 3.83. The lowest BCUT2D eigenvalue weighted by Gasteiger charge is -2.28. The first-order valence-electron chi connectivity index (χ1n) is 10.2. The van der Waals surface area contributed by atoms with E-state index in [0.717, 1.165) is 57.5 Å². The molecule has 0 heterocycles. The van der Waals surface area contributed by atoms with Crippen LogP contribution in [0.5, 0.6) is 0 Å². The maximum atomic E-state index is 5.59.